The highest BCUT2D eigenvalue weighted by atomic mass is 35.5. The monoisotopic (exact) mass is 342 g/mol. The van der Waals surface area contributed by atoms with Gasteiger partial charge in [0.05, 0.1) is 16.4 Å². The molecule has 2 aromatic heterocycles. The fourth-order valence-corrected chi connectivity index (χ4v) is 4.19. The molecule has 1 atom stereocenters. The molecule has 1 saturated heterocycles. The molecule has 4 heterocycles. The molecule has 5 heteroatoms. The molecule has 0 aromatic carbocycles. The standard InChI is InChI=1S/C19H23ClN4/c1-13-17-11-23(12-18(17)22-14(2)19(13)20)9-15-5-8-24(10-15)16-3-6-21-7-4-16/h3-4,6-7,15H,5,8-12H2,1-2H3. The van der Waals surface area contributed by atoms with Crippen LogP contribution in [0.15, 0.2) is 24.5 Å². The minimum absolute atomic E-state index is 0.712. The lowest BCUT2D eigenvalue weighted by Crippen LogP contribution is -2.27. The summed E-state index contributed by atoms with van der Waals surface area (Å²) < 4.78 is 0. The van der Waals surface area contributed by atoms with Crippen molar-refractivity contribution in [1.29, 1.82) is 0 Å². The van der Waals surface area contributed by atoms with Crippen molar-refractivity contribution >= 4 is 17.3 Å². The lowest BCUT2D eigenvalue weighted by Gasteiger charge is -2.21. The number of aromatic nitrogens is 2. The van der Waals surface area contributed by atoms with Gasteiger partial charge in [0.2, 0.25) is 0 Å². The molecule has 1 fully saturated rings. The highest BCUT2D eigenvalue weighted by Gasteiger charge is 2.29. The highest BCUT2D eigenvalue weighted by molar-refractivity contribution is 6.32. The fraction of sp³-hybridized carbons (Fsp3) is 0.474. The Balaban J connectivity index is 1.40. The molecule has 0 amide bonds. The molecule has 0 N–H and O–H groups in total. The molecule has 0 radical (unpaired) electrons. The highest BCUT2D eigenvalue weighted by Crippen LogP contribution is 2.32. The van der Waals surface area contributed by atoms with E-state index < -0.39 is 0 Å². The van der Waals surface area contributed by atoms with Gasteiger partial charge in [0.25, 0.3) is 0 Å². The van der Waals surface area contributed by atoms with Gasteiger partial charge in [-0.2, -0.15) is 0 Å². The van der Waals surface area contributed by atoms with Crippen molar-refractivity contribution in [2.75, 3.05) is 24.5 Å². The predicted octanol–water partition coefficient (Wildman–Crippen LogP) is 3.59. The number of anilines is 1. The Bertz CT molecular complexity index is 747. The van der Waals surface area contributed by atoms with Gasteiger partial charge in [0.1, 0.15) is 0 Å². The summed E-state index contributed by atoms with van der Waals surface area (Å²) in [6, 6.07) is 4.21. The summed E-state index contributed by atoms with van der Waals surface area (Å²) in [5.41, 5.74) is 6.02. The van der Waals surface area contributed by atoms with Crippen LogP contribution >= 0.6 is 11.6 Å². The Hall–Kier alpha value is -1.65. The van der Waals surface area contributed by atoms with Gasteiger partial charge < -0.3 is 4.90 Å². The lowest BCUT2D eigenvalue weighted by molar-refractivity contribution is 0.242. The average Bonchev–Trinajstić information content (AvgIpc) is 3.21. The molecule has 4 nitrogen and oxygen atoms in total. The molecule has 0 aliphatic carbocycles. The molecule has 126 valence electrons. The summed E-state index contributed by atoms with van der Waals surface area (Å²) in [5.74, 6) is 0.712. The zero-order chi connectivity index (χ0) is 16.7. The van der Waals surface area contributed by atoms with E-state index in [1.165, 1.54) is 28.9 Å². The van der Waals surface area contributed by atoms with E-state index in [0.717, 1.165) is 43.4 Å². The number of rotatable bonds is 3. The summed E-state index contributed by atoms with van der Waals surface area (Å²) in [4.78, 5) is 13.8. The predicted molar refractivity (Wildman–Crippen MR) is 97.4 cm³/mol. The third-order valence-electron chi connectivity index (χ3n) is 5.34. The molecule has 24 heavy (non-hydrogen) atoms. The summed E-state index contributed by atoms with van der Waals surface area (Å²) in [7, 11) is 0. The minimum atomic E-state index is 0.712. The Kier molecular flexibility index (Phi) is 4.19. The van der Waals surface area contributed by atoms with Crippen LogP contribution in [0, 0.1) is 19.8 Å². The smallest absolute Gasteiger partial charge is 0.0651 e. The molecular weight excluding hydrogens is 320 g/mol. The first kappa shape index (κ1) is 15.9. The van der Waals surface area contributed by atoms with Gasteiger partial charge in [0, 0.05) is 50.8 Å². The third-order valence-corrected chi connectivity index (χ3v) is 5.89. The summed E-state index contributed by atoms with van der Waals surface area (Å²) in [5, 5.41) is 0.834. The van der Waals surface area contributed by atoms with Gasteiger partial charge in [-0.1, -0.05) is 11.6 Å². The van der Waals surface area contributed by atoms with Gasteiger partial charge in [-0.25, -0.2) is 0 Å². The van der Waals surface area contributed by atoms with E-state index in [0.29, 0.717) is 5.92 Å². The molecule has 4 rings (SSSR count). The summed E-state index contributed by atoms with van der Waals surface area (Å²) >= 11 is 6.37. The first-order chi connectivity index (χ1) is 11.6. The van der Waals surface area contributed by atoms with Crippen LogP contribution in [0.1, 0.15) is 28.9 Å². The zero-order valence-corrected chi connectivity index (χ0v) is 15.1. The first-order valence-corrected chi connectivity index (χ1v) is 9.01. The molecule has 2 aromatic rings. The van der Waals surface area contributed by atoms with Gasteiger partial charge in [-0.05, 0) is 49.4 Å². The van der Waals surface area contributed by atoms with Crippen LogP contribution in [0.25, 0.3) is 0 Å². The van der Waals surface area contributed by atoms with E-state index in [1.54, 1.807) is 0 Å². The van der Waals surface area contributed by atoms with Crippen molar-refractivity contribution in [2.45, 2.75) is 33.4 Å². The van der Waals surface area contributed by atoms with Crippen molar-refractivity contribution in [2.24, 2.45) is 5.92 Å². The van der Waals surface area contributed by atoms with E-state index in [-0.39, 0.29) is 0 Å². The van der Waals surface area contributed by atoms with Crippen molar-refractivity contribution in [1.82, 2.24) is 14.9 Å². The number of pyridine rings is 2. The maximum atomic E-state index is 6.37. The molecular formula is C19H23ClN4. The summed E-state index contributed by atoms with van der Waals surface area (Å²) in [6.07, 6.45) is 5.00. The quantitative estimate of drug-likeness (QED) is 0.853. The second-order valence-electron chi connectivity index (χ2n) is 7.04. The topological polar surface area (TPSA) is 32.3 Å². The lowest BCUT2D eigenvalue weighted by atomic mass is 10.1. The van der Waals surface area contributed by atoms with Gasteiger partial charge >= 0.3 is 0 Å². The first-order valence-electron chi connectivity index (χ1n) is 8.63. The van der Waals surface area contributed by atoms with Crippen molar-refractivity contribution in [3.63, 3.8) is 0 Å². The largest absolute Gasteiger partial charge is 0.371 e. The van der Waals surface area contributed by atoms with Crippen LogP contribution in [-0.4, -0.2) is 34.5 Å². The molecule has 2 aliphatic heterocycles. The Morgan fingerprint density at radius 3 is 2.79 bits per heavy atom. The van der Waals surface area contributed by atoms with E-state index in [1.807, 2.05) is 19.3 Å². The third kappa shape index (κ3) is 2.89. The van der Waals surface area contributed by atoms with Gasteiger partial charge in [-0.15, -0.1) is 0 Å². The zero-order valence-electron chi connectivity index (χ0n) is 14.3. The number of hydrogen-bond acceptors (Lipinski definition) is 4. The molecule has 0 saturated carbocycles. The van der Waals surface area contributed by atoms with E-state index in [9.17, 15) is 0 Å². The van der Waals surface area contributed by atoms with Crippen LogP contribution in [0.4, 0.5) is 5.69 Å². The second-order valence-corrected chi connectivity index (χ2v) is 7.42. The average molecular weight is 343 g/mol. The molecule has 0 bridgehead atoms. The number of aryl methyl sites for hydroxylation is 1. The van der Waals surface area contributed by atoms with Crippen LogP contribution in [0.5, 0.6) is 0 Å². The van der Waals surface area contributed by atoms with Crippen molar-refractivity contribution in [3.05, 3.63) is 52.1 Å². The SMILES string of the molecule is Cc1nc2c(c(C)c1Cl)CN(CC1CCN(c3ccncc3)C1)C2. The summed E-state index contributed by atoms with van der Waals surface area (Å²) in [6.45, 7) is 9.47. The number of nitrogens with zero attached hydrogens (tertiary/aromatic N) is 4. The van der Waals surface area contributed by atoms with Gasteiger partial charge in [-0.3, -0.25) is 14.9 Å². The normalized spacial score (nSPS) is 20.6. The van der Waals surface area contributed by atoms with Crippen LogP contribution < -0.4 is 4.90 Å². The maximum absolute atomic E-state index is 6.37. The van der Waals surface area contributed by atoms with Crippen LogP contribution in [0.2, 0.25) is 5.02 Å². The Morgan fingerprint density at radius 1 is 1.21 bits per heavy atom. The molecule has 1 unspecified atom stereocenters. The Labute approximate surface area is 148 Å². The fourth-order valence-electron chi connectivity index (χ4n) is 4.04. The van der Waals surface area contributed by atoms with Crippen molar-refractivity contribution < 1.29 is 0 Å². The van der Waals surface area contributed by atoms with E-state index in [4.69, 9.17) is 16.6 Å². The van der Waals surface area contributed by atoms with Crippen LogP contribution in [-0.2, 0) is 13.1 Å². The Morgan fingerprint density at radius 2 is 2.00 bits per heavy atom. The second kappa shape index (κ2) is 6.34. The number of fused-ring (bicyclic) bond motifs is 1. The number of hydrogen-bond donors (Lipinski definition) is 0. The minimum Gasteiger partial charge on any atom is -0.371 e. The van der Waals surface area contributed by atoms with E-state index >= 15 is 0 Å². The number of halogens is 1. The molecule has 0 spiro atoms. The van der Waals surface area contributed by atoms with Gasteiger partial charge in [0.15, 0.2) is 0 Å². The molecule has 2 aliphatic rings. The van der Waals surface area contributed by atoms with Crippen LogP contribution in [0.3, 0.4) is 0 Å². The maximum Gasteiger partial charge on any atom is 0.0651 e. The van der Waals surface area contributed by atoms with Crippen molar-refractivity contribution in [3.8, 4) is 0 Å². The van der Waals surface area contributed by atoms with E-state index in [2.05, 4.69) is 33.8 Å².